The average Bonchev–Trinajstić information content (AvgIpc) is 1.99. The van der Waals surface area contributed by atoms with Crippen molar-refractivity contribution in [3.8, 4) is 0 Å². The molecule has 0 aromatic heterocycles. The third-order valence-corrected chi connectivity index (χ3v) is 1.15. The van der Waals surface area contributed by atoms with Gasteiger partial charge in [0.05, 0.1) is 0 Å². The maximum absolute atomic E-state index is 10.8. The van der Waals surface area contributed by atoms with Crippen LogP contribution in [0.25, 0.3) is 0 Å². The number of hydrogen-bond donors (Lipinski definition) is 1. The van der Waals surface area contributed by atoms with Crippen molar-refractivity contribution in [2.75, 3.05) is 13.3 Å². The van der Waals surface area contributed by atoms with E-state index in [1.165, 1.54) is 11.0 Å². The molecule has 3 nitrogen and oxygen atoms in total. The van der Waals surface area contributed by atoms with Crippen LogP contribution in [-0.2, 0) is 4.79 Å². The lowest BCUT2D eigenvalue weighted by Gasteiger charge is -2.16. The molecule has 58 valence electrons. The summed E-state index contributed by atoms with van der Waals surface area (Å²) in [6, 6.07) is 0. The Kier molecular flexibility index (Phi) is 4.58. The molecular weight excluding hydrogens is 130 g/mol. The Balaban J connectivity index is 3.79. The van der Waals surface area contributed by atoms with Crippen LogP contribution in [0.1, 0.15) is 13.3 Å². The van der Waals surface area contributed by atoms with Crippen LogP contribution < -0.4 is 0 Å². The van der Waals surface area contributed by atoms with Crippen molar-refractivity contribution >= 4 is 5.91 Å². The molecule has 0 bridgehead atoms. The summed E-state index contributed by atoms with van der Waals surface area (Å²) in [5.41, 5.74) is 0. The van der Waals surface area contributed by atoms with Crippen LogP contribution in [0, 0.1) is 0 Å². The molecule has 0 aromatic carbocycles. The summed E-state index contributed by atoms with van der Waals surface area (Å²) < 4.78 is 0. The molecule has 0 rings (SSSR count). The van der Waals surface area contributed by atoms with Gasteiger partial charge in [0.15, 0.2) is 0 Å². The highest BCUT2D eigenvalue weighted by atomic mass is 16.3. The van der Waals surface area contributed by atoms with Crippen LogP contribution in [0.2, 0.25) is 0 Å². The first-order chi connectivity index (χ1) is 4.76. The van der Waals surface area contributed by atoms with Crippen molar-refractivity contribution in [3.05, 3.63) is 12.7 Å². The Hall–Kier alpha value is -0.830. The van der Waals surface area contributed by atoms with E-state index in [1.54, 1.807) is 0 Å². The number of carbonyl (C=O) groups is 1. The molecule has 1 amide bonds. The molecule has 0 atom stereocenters. The second kappa shape index (κ2) is 4.99. The molecule has 0 aliphatic carbocycles. The van der Waals surface area contributed by atoms with Gasteiger partial charge < -0.3 is 10.0 Å². The standard InChI is InChI=1S/C7H13NO2/c1-3-5-8(6-9)7(10)4-2/h4,9H,2-3,5-6H2,1H3. The topological polar surface area (TPSA) is 40.5 Å². The summed E-state index contributed by atoms with van der Waals surface area (Å²) in [7, 11) is 0. The van der Waals surface area contributed by atoms with Crippen LogP contribution >= 0.6 is 0 Å². The number of hydrogen-bond acceptors (Lipinski definition) is 2. The van der Waals surface area contributed by atoms with Crippen LogP contribution in [0.4, 0.5) is 0 Å². The Bertz CT molecular complexity index is 123. The van der Waals surface area contributed by atoms with Crippen molar-refractivity contribution in [2.45, 2.75) is 13.3 Å². The van der Waals surface area contributed by atoms with Crippen molar-refractivity contribution in [1.82, 2.24) is 4.90 Å². The Morgan fingerprint density at radius 2 is 2.40 bits per heavy atom. The number of amides is 1. The highest BCUT2D eigenvalue weighted by Gasteiger charge is 2.05. The Morgan fingerprint density at radius 1 is 1.80 bits per heavy atom. The molecular formula is C7H13NO2. The number of nitrogens with zero attached hydrogens (tertiary/aromatic N) is 1. The van der Waals surface area contributed by atoms with E-state index in [-0.39, 0.29) is 12.6 Å². The molecule has 0 aromatic rings. The van der Waals surface area contributed by atoms with Crippen molar-refractivity contribution < 1.29 is 9.90 Å². The fraction of sp³-hybridized carbons (Fsp3) is 0.571. The minimum absolute atomic E-state index is 0.218. The minimum atomic E-state index is -0.224. The Morgan fingerprint density at radius 3 is 2.70 bits per heavy atom. The zero-order valence-corrected chi connectivity index (χ0v) is 6.21. The summed E-state index contributed by atoms with van der Waals surface area (Å²) in [4.78, 5) is 12.1. The van der Waals surface area contributed by atoms with Gasteiger partial charge in [-0.1, -0.05) is 13.5 Å². The zero-order valence-electron chi connectivity index (χ0n) is 6.21. The lowest BCUT2D eigenvalue weighted by atomic mass is 10.4. The molecule has 0 fully saturated rings. The third-order valence-electron chi connectivity index (χ3n) is 1.15. The fourth-order valence-corrected chi connectivity index (χ4v) is 0.650. The van der Waals surface area contributed by atoms with Gasteiger partial charge in [0, 0.05) is 6.54 Å². The van der Waals surface area contributed by atoms with Gasteiger partial charge in [0.2, 0.25) is 5.91 Å². The normalized spacial score (nSPS) is 9.00. The molecule has 0 saturated carbocycles. The first-order valence-electron chi connectivity index (χ1n) is 3.28. The molecule has 3 heteroatoms. The molecule has 0 aliphatic heterocycles. The molecule has 0 spiro atoms. The number of aliphatic hydroxyl groups is 1. The van der Waals surface area contributed by atoms with Gasteiger partial charge in [-0.05, 0) is 12.5 Å². The maximum Gasteiger partial charge on any atom is 0.247 e. The molecule has 0 aliphatic rings. The van der Waals surface area contributed by atoms with E-state index in [2.05, 4.69) is 6.58 Å². The number of rotatable bonds is 4. The highest BCUT2D eigenvalue weighted by Crippen LogP contribution is 1.90. The minimum Gasteiger partial charge on any atom is -0.376 e. The van der Waals surface area contributed by atoms with Gasteiger partial charge in [-0.25, -0.2) is 0 Å². The summed E-state index contributed by atoms with van der Waals surface area (Å²) in [6.07, 6.45) is 2.05. The summed E-state index contributed by atoms with van der Waals surface area (Å²) in [5.74, 6) is -0.218. The third kappa shape index (κ3) is 2.64. The Labute approximate surface area is 61.0 Å². The van der Waals surface area contributed by atoms with Crippen LogP contribution in [0.3, 0.4) is 0 Å². The lowest BCUT2D eigenvalue weighted by molar-refractivity contribution is -0.129. The maximum atomic E-state index is 10.8. The molecule has 0 heterocycles. The first-order valence-corrected chi connectivity index (χ1v) is 3.28. The highest BCUT2D eigenvalue weighted by molar-refractivity contribution is 5.86. The summed E-state index contributed by atoms with van der Waals surface area (Å²) >= 11 is 0. The quantitative estimate of drug-likeness (QED) is 0.456. The summed E-state index contributed by atoms with van der Waals surface area (Å²) in [6.45, 7) is 5.61. The van der Waals surface area contributed by atoms with E-state index >= 15 is 0 Å². The van der Waals surface area contributed by atoms with E-state index in [0.717, 1.165) is 6.42 Å². The molecule has 0 radical (unpaired) electrons. The lowest BCUT2D eigenvalue weighted by Crippen LogP contribution is -2.30. The zero-order chi connectivity index (χ0) is 7.98. The van der Waals surface area contributed by atoms with Crippen LogP contribution in [-0.4, -0.2) is 29.2 Å². The first kappa shape index (κ1) is 9.17. The number of aliphatic hydroxyl groups excluding tert-OH is 1. The predicted molar refractivity (Wildman–Crippen MR) is 39.3 cm³/mol. The largest absolute Gasteiger partial charge is 0.376 e. The smallest absolute Gasteiger partial charge is 0.247 e. The SMILES string of the molecule is C=CC(=O)N(CO)CCC. The van der Waals surface area contributed by atoms with Crippen molar-refractivity contribution in [2.24, 2.45) is 0 Å². The predicted octanol–water partition coefficient (Wildman–Crippen LogP) is 0.361. The summed E-state index contributed by atoms with van der Waals surface area (Å²) in [5, 5.41) is 8.62. The average molecular weight is 143 g/mol. The second-order valence-corrected chi connectivity index (χ2v) is 1.95. The van der Waals surface area contributed by atoms with Crippen LogP contribution in [0.15, 0.2) is 12.7 Å². The van der Waals surface area contributed by atoms with E-state index in [0.29, 0.717) is 6.54 Å². The van der Waals surface area contributed by atoms with Gasteiger partial charge in [0.25, 0.3) is 0 Å². The van der Waals surface area contributed by atoms with Gasteiger partial charge >= 0.3 is 0 Å². The van der Waals surface area contributed by atoms with E-state index in [4.69, 9.17) is 5.11 Å². The van der Waals surface area contributed by atoms with E-state index in [1.807, 2.05) is 6.92 Å². The molecule has 0 unspecified atom stereocenters. The van der Waals surface area contributed by atoms with E-state index in [9.17, 15) is 4.79 Å². The molecule has 10 heavy (non-hydrogen) atoms. The van der Waals surface area contributed by atoms with Gasteiger partial charge in [-0.15, -0.1) is 0 Å². The van der Waals surface area contributed by atoms with Gasteiger partial charge in [-0.3, -0.25) is 4.79 Å². The van der Waals surface area contributed by atoms with E-state index < -0.39 is 0 Å². The van der Waals surface area contributed by atoms with Crippen molar-refractivity contribution in [3.63, 3.8) is 0 Å². The van der Waals surface area contributed by atoms with Crippen molar-refractivity contribution in [1.29, 1.82) is 0 Å². The number of carbonyl (C=O) groups excluding carboxylic acids is 1. The van der Waals surface area contributed by atoms with Gasteiger partial charge in [0.1, 0.15) is 6.73 Å². The second-order valence-electron chi connectivity index (χ2n) is 1.95. The van der Waals surface area contributed by atoms with Gasteiger partial charge in [-0.2, -0.15) is 0 Å². The van der Waals surface area contributed by atoms with Crippen LogP contribution in [0.5, 0.6) is 0 Å². The molecule has 0 saturated heterocycles. The monoisotopic (exact) mass is 143 g/mol. The molecule has 1 N–H and O–H groups in total. The fourth-order valence-electron chi connectivity index (χ4n) is 0.650.